The lowest BCUT2D eigenvalue weighted by Crippen LogP contribution is -2.24. The van der Waals surface area contributed by atoms with E-state index < -0.39 is 0 Å². The Labute approximate surface area is 96.9 Å². The number of carbonyl (C=O) groups excluding carboxylic acids is 1. The first-order chi connectivity index (χ1) is 7.74. The number of aryl methyl sites for hydroxylation is 1. The molecule has 0 saturated heterocycles. The lowest BCUT2D eigenvalue weighted by atomic mass is 10.3. The fourth-order valence-corrected chi connectivity index (χ4v) is 1.90. The number of aromatic nitrogens is 3. The number of nitrogens with zero attached hydrogens (tertiary/aromatic N) is 2. The number of hydrogen-bond donors (Lipinski definition) is 2. The van der Waals surface area contributed by atoms with Crippen LogP contribution in [0.3, 0.4) is 0 Å². The Kier molecular flexibility index (Phi) is 3.31. The van der Waals surface area contributed by atoms with Gasteiger partial charge in [-0.25, -0.2) is 9.97 Å². The summed E-state index contributed by atoms with van der Waals surface area (Å²) in [6.45, 7) is 2.40. The van der Waals surface area contributed by atoms with E-state index in [9.17, 15) is 4.79 Å². The molecule has 2 rings (SSSR count). The summed E-state index contributed by atoms with van der Waals surface area (Å²) in [4.78, 5) is 22.6. The van der Waals surface area contributed by atoms with Crippen molar-refractivity contribution in [3.63, 3.8) is 0 Å². The summed E-state index contributed by atoms with van der Waals surface area (Å²) < 4.78 is 0. The van der Waals surface area contributed by atoms with Crippen LogP contribution < -0.4 is 5.32 Å². The fraction of sp³-hybridized carbons (Fsp3) is 0.300. The third-order valence-electron chi connectivity index (χ3n) is 2.04. The number of aromatic amines is 1. The van der Waals surface area contributed by atoms with Crippen LogP contribution in [0.25, 0.3) is 0 Å². The molecule has 0 radical (unpaired) electrons. The van der Waals surface area contributed by atoms with Crippen LogP contribution in [0.4, 0.5) is 0 Å². The van der Waals surface area contributed by atoms with Crippen LogP contribution in [0.5, 0.6) is 0 Å². The molecule has 2 heterocycles. The van der Waals surface area contributed by atoms with E-state index >= 15 is 0 Å². The molecule has 0 atom stereocenters. The number of nitrogens with one attached hydrogen (secondary N) is 2. The molecule has 0 aliphatic rings. The van der Waals surface area contributed by atoms with Gasteiger partial charge in [-0.15, -0.1) is 11.3 Å². The zero-order valence-corrected chi connectivity index (χ0v) is 9.67. The Morgan fingerprint density at radius 2 is 2.50 bits per heavy atom. The molecule has 0 saturated carbocycles. The highest BCUT2D eigenvalue weighted by Crippen LogP contribution is 2.08. The predicted octanol–water partition coefficient (Wildman–Crippen LogP) is 1.03. The molecule has 0 fully saturated rings. The summed E-state index contributed by atoms with van der Waals surface area (Å²) in [7, 11) is 0. The molecule has 0 aromatic carbocycles. The van der Waals surface area contributed by atoms with Crippen LogP contribution in [0.1, 0.15) is 16.4 Å². The van der Waals surface area contributed by atoms with Gasteiger partial charge in [0.15, 0.2) is 0 Å². The molecule has 84 valence electrons. The van der Waals surface area contributed by atoms with Crippen LogP contribution in [0.15, 0.2) is 17.9 Å². The highest BCUT2D eigenvalue weighted by atomic mass is 32.1. The number of H-pyrrole nitrogens is 1. The molecule has 2 aromatic heterocycles. The third-order valence-corrected chi connectivity index (χ3v) is 2.86. The Balaban J connectivity index is 1.81. The van der Waals surface area contributed by atoms with E-state index in [0.29, 0.717) is 13.0 Å². The minimum Gasteiger partial charge on any atom is -0.350 e. The Bertz CT molecular complexity index is 463. The van der Waals surface area contributed by atoms with Crippen molar-refractivity contribution < 1.29 is 4.79 Å². The Hall–Kier alpha value is -1.69. The van der Waals surface area contributed by atoms with Crippen molar-refractivity contribution in [3.8, 4) is 0 Å². The van der Waals surface area contributed by atoms with Gasteiger partial charge >= 0.3 is 0 Å². The fourth-order valence-electron chi connectivity index (χ4n) is 1.29. The van der Waals surface area contributed by atoms with Crippen LogP contribution in [-0.4, -0.2) is 20.9 Å². The van der Waals surface area contributed by atoms with E-state index in [4.69, 9.17) is 0 Å². The molecular weight excluding hydrogens is 224 g/mol. The molecule has 6 heteroatoms. The molecule has 0 bridgehead atoms. The first-order valence-electron chi connectivity index (χ1n) is 4.89. The van der Waals surface area contributed by atoms with Gasteiger partial charge in [0.25, 0.3) is 0 Å². The number of rotatable bonds is 4. The number of imidazole rings is 1. The van der Waals surface area contributed by atoms with Gasteiger partial charge in [-0.05, 0) is 6.92 Å². The van der Waals surface area contributed by atoms with Crippen molar-refractivity contribution >= 4 is 17.2 Å². The second-order valence-electron chi connectivity index (χ2n) is 3.39. The van der Waals surface area contributed by atoms with Gasteiger partial charge in [-0.3, -0.25) is 4.79 Å². The molecule has 0 spiro atoms. The minimum atomic E-state index is -0.0279. The summed E-state index contributed by atoms with van der Waals surface area (Å²) in [5.74, 6) is -0.0279. The van der Waals surface area contributed by atoms with Gasteiger partial charge in [-0.2, -0.15) is 0 Å². The first-order valence-corrected chi connectivity index (χ1v) is 5.77. The molecule has 0 unspecified atom stereocenters. The molecule has 0 aliphatic carbocycles. The van der Waals surface area contributed by atoms with Crippen molar-refractivity contribution in [2.45, 2.75) is 19.9 Å². The molecule has 5 nitrogen and oxygen atoms in total. The van der Waals surface area contributed by atoms with Crippen LogP contribution in [0, 0.1) is 6.92 Å². The summed E-state index contributed by atoms with van der Waals surface area (Å²) in [5.41, 5.74) is 1.72. The standard InChI is InChI=1S/C10H12N4OS/c1-7-14-8(5-16-7)2-10(15)12-4-9-3-11-6-13-9/h3,5-6H,2,4H2,1H3,(H,11,13)(H,12,15). The molecule has 2 aromatic rings. The number of amides is 1. The van der Waals surface area contributed by atoms with Crippen molar-refractivity contribution in [1.82, 2.24) is 20.3 Å². The van der Waals surface area contributed by atoms with E-state index in [1.54, 1.807) is 23.9 Å². The van der Waals surface area contributed by atoms with Crippen molar-refractivity contribution in [1.29, 1.82) is 0 Å². The number of hydrogen-bond acceptors (Lipinski definition) is 4. The van der Waals surface area contributed by atoms with E-state index in [1.165, 1.54) is 0 Å². The first kappa shape index (κ1) is 10.8. The number of thiazole rings is 1. The maximum absolute atomic E-state index is 11.5. The largest absolute Gasteiger partial charge is 0.350 e. The van der Waals surface area contributed by atoms with Gasteiger partial charge in [-0.1, -0.05) is 0 Å². The van der Waals surface area contributed by atoms with Gasteiger partial charge in [0.05, 0.1) is 35.7 Å². The third kappa shape index (κ3) is 2.90. The zero-order valence-electron chi connectivity index (χ0n) is 8.86. The zero-order chi connectivity index (χ0) is 11.4. The lowest BCUT2D eigenvalue weighted by Gasteiger charge is -2.01. The van der Waals surface area contributed by atoms with Gasteiger partial charge in [0, 0.05) is 11.6 Å². The van der Waals surface area contributed by atoms with Crippen LogP contribution >= 0.6 is 11.3 Å². The summed E-state index contributed by atoms with van der Waals surface area (Å²) in [6.07, 6.45) is 3.61. The second-order valence-corrected chi connectivity index (χ2v) is 4.45. The van der Waals surface area contributed by atoms with E-state index in [1.807, 2.05) is 12.3 Å². The maximum atomic E-state index is 11.5. The van der Waals surface area contributed by atoms with Crippen molar-refractivity contribution in [2.75, 3.05) is 0 Å². The predicted molar refractivity (Wildman–Crippen MR) is 61.0 cm³/mol. The topological polar surface area (TPSA) is 70.7 Å². The monoisotopic (exact) mass is 236 g/mol. The average molecular weight is 236 g/mol. The van der Waals surface area contributed by atoms with Crippen molar-refractivity contribution in [2.24, 2.45) is 0 Å². The van der Waals surface area contributed by atoms with Gasteiger partial charge in [0.2, 0.25) is 5.91 Å². The van der Waals surface area contributed by atoms with Crippen LogP contribution in [0.2, 0.25) is 0 Å². The van der Waals surface area contributed by atoms with Gasteiger partial charge < -0.3 is 10.3 Å². The molecular formula is C10H12N4OS. The molecule has 2 N–H and O–H groups in total. The lowest BCUT2D eigenvalue weighted by molar-refractivity contribution is -0.120. The van der Waals surface area contributed by atoms with Gasteiger partial charge in [0.1, 0.15) is 0 Å². The molecule has 0 aliphatic heterocycles. The molecule has 16 heavy (non-hydrogen) atoms. The quantitative estimate of drug-likeness (QED) is 0.833. The normalized spacial score (nSPS) is 10.3. The highest BCUT2D eigenvalue weighted by molar-refractivity contribution is 7.09. The maximum Gasteiger partial charge on any atom is 0.226 e. The molecule has 1 amide bonds. The summed E-state index contributed by atoms with van der Waals surface area (Å²) in [6, 6.07) is 0. The Morgan fingerprint density at radius 1 is 1.62 bits per heavy atom. The minimum absolute atomic E-state index is 0.0279. The van der Waals surface area contributed by atoms with E-state index in [2.05, 4.69) is 20.3 Å². The van der Waals surface area contributed by atoms with Crippen LogP contribution in [-0.2, 0) is 17.8 Å². The smallest absolute Gasteiger partial charge is 0.226 e. The van der Waals surface area contributed by atoms with E-state index in [0.717, 1.165) is 16.4 Å². The Morgan fingerprint density at radius 3 is 3.12 bits per heavy atom. The second kappa shape index (κ2) is 4.89. The number of carbonyl (C=O) groups is 1. The van der Waals surface area contributed by atoms with E-state index in [-0.39, 0.29) is 5.91 Å². The average Bonchev–Trinajstić information content (AvgIpc) is 2.87. The SMILES string of the molecule is Cc1nc(CC(=O)NCc2cnc[nH]2)cs1. The summed E-state index contributed by atoms with van der Waals surface area (Å²) >= 11 is 1.55. The van der Waals surface area contributed by atoms with Crippen molar-refractivity contribution in [3.05, 3.63) is 34.3 Å². The summed E-state index contributed by atoms with van der Waals surface area (Å²) in [5, 5.41) is 5.69. The highest BCUT2D eigenvalue weighted by Gasteiger charge is 2.06.